The monoisotopic (exact) mass is 551 g/mol. The number of ether oxygens (including phenoxy) is 1. The molecule has 38 heavy (non-hydrogen) atoms. The Labute approximate surface area is 232 Å². The minimum atomic E-state index is -1.42. The Morgan fingerprint density at radius 3 is 2.37 bits per heavy atom. The zero-order valence-corrected chi connectivity index (χ0v) is 23.5. The van der Waals surface area contributed by atoms with Gasteiger partial charge in [-0.15, -0.1) is 0 Å². The maximum Gasteiger partial charge on any atom is 0.421 e. The predicted octanol–water partition coefficient (Wildman–Crippen LogP) is 5.61. The van der Waals surface area contributed by atoms with Crippen LogP contribution in [-0.2, 0) is 25.3 Å². The number of rotatable bonds is 0. The van der Waals surface area contributed by atoms with E-state index in [0.29, 0.717) is 29.1 Å². The highest BCUT2D eigenvalue weighted by Crippen LogP contribution is 2.70. The molecule has 2 aromatic rings. The molecule has 1 saturated heterocycles. The van der Waals surface area contributed by atoms with Crippen LogP contribution in [0.5, 0.6) is 0 Å². The van der Waals surface area contributed by atoms with E-state index in [-0.39, 0.29) is 10.9 Å². The standard InChI is InChI=1S/C29H30ClN3O4S/c1-26(2,3)37-25(36)33-21-11-7-6-10-18(21)28(23(33)34)22(38)31-29(27(28)14-8-5-9-15-27)19-16-17(30)12-13-20(19)32(4)24(29)35/h6-7,10-13,16H,5,8-9,14-15H2,1-4H3,(H,31,38)/t28-,29-/m1/s1. The number of thiocarbonyl (C=S) groups is 1. The third-order valence-corrected chi connectivity index (χ3v) is 9.43. The Bertz CT molecular complexity index is 1430. The van der Waals surface area contributed by atoms with Gasteiger partial charge in [-0.1, -0.05) is 61.3 Å². The molecule has 0 unspecified atom stereocenters. The average molecular weight is 552 g/mol. The van der Waals surface area contributed by atoms with E-state index < -0.39 is 34.0 Å². The van der Waals surface area contributed by atoms with Crippen molar-refractivity contribution < 1.29 is 19.1 Å². The van der Waals surface area contributed by atoms with Crippen LogP contribution in [0.1, 0.15) is 64.0 Å². The van der Waals surface area contributed by atoms with Gasteiger partial charge in [0.05, 0.1) is 10.7 Å². The summed E-state index contributed by atoms with van der Waals surface area (Å²) in [6, 6.07) is 12.7. The third-order valence-electron chi connectivity index (χ3n) is 8.78. The van der Waals surface area contributed by atoms with Crippen molar-refractivity contribution in [3.63, 3.8) is 0 Å². The molecule has 3 heterocycles. The quantitative estimate of drug-likeness (QED) is 0.429. The van der Waals surface area contributed by atoms with Crippen LogP contribution in [0.2, 0.25) is 5.02 Å². The van der Waals surface area contributed by atoms with Crippen LogP contribution in [0.4, 0.5) is 16.2 Å². The number of hydrogen-bond acceptors (Lipinski definition) is 5. The molecule has 0 aromatic heterocycles. The highest BCUT2D eigenvalue weighted by molar-refractivity contribution is 7.80. The lowest BCUT2D eigenvalue weighted by Gasteiger charge is -2.50. The summed E-state index contributed by atoms with van der Waals surface area (Å²) in [7, 11) is 1.74. The molecular formula is C29H30ClN3O4S. The number of likely N-dealkylation sites (N-methyl/N-ethyl adjacent to an activating group) is 1. The van der Waals surface area contributed by atoms with Crippen molar-refractivity contribution in [2.75, 3.05) is 16.8 Å². The minimum absolute atomic E-state index is 0.170. The number of benzene rings is 2. The number of fused-ring (bicyclic) bond motifs is 6. The smallest absolute Gasteiger partial charge is 0.421 e. The number of para-hydroxylation sites is 1. The van der Waals surface area contributed by atoms with E-state index in [1.165, 1.54) is 0 Å². The molecule has 0 radical (unpaired) electrons. The third kappa shape index (κ3) is 2.85. The van der Waals surface area contributed by atoms with Gasteiger partial charge >= 0.3 is 6.09 Å². The first-order valence-electron chi connectivity index (χ1n) is 13.0. The first-order valence-corrected chi connectivity index (χ1v) is 13.8. The number of carbonyl (C=O) groups is 3. The molecule has 2 fully saturated rings. The van der Waals surface area contributed by atoms with Crippen LogP contribution in [0.3, 0.4) is 0 Å². The van der Waals surface area contributed by atoms with Gasteiger partial charge in [0, 0.05) is 28.7 Å². The van der Waals surface area contributed by atoms with Crippen LogP contribution in [0.15, 0.2) is 42.5 Å². The zero-order valence-electron chi connectivity index (χ0n) is 21.9. The molecule has 2 atom stereocenters. The van der Waals surface area contributed by atoms with E-state index >= 15 is 0 Å². The van der Waals surface area contributed by atoms with Crippen molar-refractivity contribution in [1.29, 1.82) is 0 Å². The first kappa shape index (κ1) is 25.3. The van der Waals surface area contributed by atoms with Crippen LogP contribution < -0.4 is 15.1 Å². The topological polar surface area (TPSA) is 79.0 Å². The Balaban J connectivity index is 1.66. The fraction of sp³-hybridized carbons (Fsp3) is 0.448. The number of amides is 3. The number of hydrogen-bond donors (Lipinski definition) is 1. The van der Waals surface area contributed by atoms with E-state index in [9.17, 15) is 14.4 Å². The van der Waals surface area contributed by atoms with Gasteiger partial charge < -0.3 is 15.0 Å². The largest absolute Gasteiger partial charge is 0.443 e. The van der Waals surface area contributed by atoms with E-state index in [0.717, 1.165) is 35.4 Å². The number of nitrogens with zero attached hydrogens (tertiary/aromatic N) is 2. The van der Waals surface area contributed by atoms with Gasteiger partial charge in [-0.2, -0.15) is 0 Å². The number of halogens is 1. The molecule has 6 rings (SSSR count). The molecule has 0 bridgehead atoms. The molecule has 1 saturated carbocycles. The summed E-state index contributed by atoms with van der Waals surface area (Å²) < 4.78 is 5.70. The van der Waals surface area contributed by atoms with Crippen molar-refractivity contribution >= 4 is 58.1 Å². The fourth-order valence-electron chi connectivity index (χ4n) is 7.50. The Kier molecular flexibility index (Phi) is 5.34. The van der Waals surface area contributed by atoms with Crippen LogP contribution in [-0.4, -0.2) is 35.5 Å². The Hall–Kier alpha value is -2.97. The highest BCUT2D eigenvalue weighted by atomic mass is 35.5. The molecule has 9 heteroatoms. The van der Waals surface area contributed by atoms with Crippen LogP contribution in [0.25, 0.3) is 0 Å². The summed E-state index contributed by atoms with van der Waals surface area (Å²) in [4.78, 5) is 45.8. The first-order chi connectivity index (χ1) is 17.9. The van der Waals surface area contributed by atoms with Gasteiger partial charge in [0.15, 0.2) is 5.54 Å². The van der Waals surface area contributed by atoms with Gasteiger partial charge in [0.2, 0.25) is 0 Å². The molecule has 3 aliphatic heterocycles. The van der Waals surface area contributed by atoms with Gasteiger partial charge in [0.1, 0.15) is 11.0 Å². The second-order valence-electron chi connectivity index (χ2n) is 11.8. The van der Waals surface area contributed by atoms with Gasteiger partial charge in [-0.3, -0.25) is 9.59 Å². The Morgan fingerprint density at radius 2 is 1.68 bits per heavy atom. The Morgan fingerprint density at radius 1 is 1.00 bits per heavy atom. The summed E-state index contributed by atoms with van der Waals surface area (Å²) in [6.07, 6.45) is 3.03. The summed E-state index contributed by atoms with van der Waals surface area (Å²) >= 11 is 12.6. The molecule has 4 aliphatic rings. The molecule has 1 aliphatic carbocycles. The van der Waals surface area contributed by atoms with Crippen LogP contribution in [0, 0.1) is 5.41 Å². The van der Waals surface area contributed by atoms with Gasteiger partial charge in [-0.25, -0.2) is 9.69 Å². The molecule has 2 aromatic carbocycles. The van der Waals surface area contributed by atoms with E-state index in [1.54, 1.807) is 50.9 Å². The maximum atomic E-state index is 14.9. The second kappa shape index (κ2) is 8.02. The molecule has 3 spiro atoms. The van der Waals surface area contributed by atoms with Gasteiger partial charge in [0.25, 0.3) is 11.8 Å². The minimum Gasteiger partial charge on any atom is -0.443 e. The maximum absolute atomic E-state index is 14.9. The lowest BCUT2D eigenvalue weighted by Crippen LogP contribution is -2.62. The van der Waals surface area contributed by atoms with Crippen LogP contribution >= 0.6 is 23.8 Å². The number of carbonyl (C=O) groups excluding carboxylic acids is 3. The van der Waals surface area contributed by atoms with Crippen molar-refractivity contribution in [1.82, 2.24) is 5.32 Å². The normalized spacial score (nSPS) is 27.3. The summed E-state index contributed by atoms with van der Waals surface area (Å²) in [5, 5.41) is 3.95. The fourth-order valence-corrected chi connectivity index (χ4v) is 8.21. The average Bonchev–Trinajstić information content (AvgIpc) is 3.34. The summed E-state index contributed by atoms with van der Waals surface area (Å²) in [6.45, 7) is 5.29. The van der Waals surface area contributed by atoms with E-state index in [4.69, 9.17) is 28.6 Å². The SMILES string of the molecule is CN1C(=O)[C@]2(NC(=S)[C@]3(C(=O)N(C(=O)OC(C)(C)C)c4ccccc43)C23CCCCC3)c2cc(Cl)ccc21. The molecule has 3 amide bonds. The summed E-state index contributed by atoms with van der Waals surface area (Å²) in [5.41, 5.74) is -1.94. The molecule has 1 N–H and O–H groups in total. The lowest BCUT2D eigenvalue weighted by atomic mass is 9.49. The second-order valence-corrected chi connectivity index (χ2v) is 12.6. The van der Waals surface area contributed by atoms with E-state index in [1.807, 2.05) is 24.3 Å². The molecule has 7 nitrogen and oxygen atoms in total. The number of anilines is 2. The van der Waals surface area contributed by atoms with Crippen molar-refractivity contribution in [2.45, 2.75) is 69.4 Å². The highest BCUT2D eigenvalue weighted by Gasteiger charge is 2.81. The van der Waals surface area contributed by atoms with Crippen molar-refractivity contribution in [3.05, 3.63) is 58.6 Å². The number of imide groups is 1. The zero-order chi connectivity index (χ0) is 27.3. The summed E-state index contributed by atoms with van der Waals surface area (Å²) in [5.74, 6) is -0.632. The molecular weight excluding hydrogens is 522 g/mol. The lowest BCUT2D eigenvalue weighted by molar-refractivity contribution is -0.135. The van der Waals surface area contributed by atoms with E-state index in [2.05, 4.69) is 5.32 Å². The predicted molar refractivity (Wildman–Crippen MR) is 150 cm³/mol. The van der Waals surface area contributed by atoms with Gasteiger partial charge in [-0.05, 0) is 63.4 Å². The molecule has 198 valence electrons. The number of nitrogens with one attached hydrogen (secondary N) is 1. The van der Waals surface area contributed by atoms with Crippen molar-refractivity contribution in [2.24, 2.45) is 5.41 Å². The van der Waals surface area contributed by atoms with Crippen molar-refractivity contribution in [3.8, 4) is 0 Å².